The molecule has 0 spiro atoms. The monoisotopic (exact) mass is 184 g/mol. The van der Waals surface area contributed by atoms with Gasteiger partial charge in [0, 0.05) is 10.5 Å². The lowest BCUT2D eigenvalue weighted by Crippen LogP contribution is -1.95. The highest BCUT2D eigenvalue weighted by atomic mass is 32.2. The highest BCUT2D eigenvalue weighted by Crippen LogP contribution is 2.21. The summed E-state index contributed by atoms with van der Waals surface area (Å²) in [5.41, 5.74) is 0.461. The van der Waals surface area contributed by atoms with Gasteiger partial charge in [-0.25, -0.2) is 4.39 Å². The maximum absolute atomic E-state index is 12.7. The van der Waals surface area contributed by atoms with Gasteiger partial charge in [0.25, 0.3) is 0 Å². The molecule has 0 radical (unpaired) electrons. The van der Waals surface area contributed by atoms with Crippen LogP contribution >= 0.6 is 11.8 Å². The summed E-state index contributed by atoms with van der Waals surface area (Å²) >= 11 is 1.44. The quantitative estimate of drug-likeness (QED) is 0.519. The molecule has 0 saturated heterocycles. The lowest BCUT2D eigenvalue weighted by atomic mass is 10.1. The third-order valence-corrected chi connectivity index (χ3v) is 2.34. The number of carbonyl (C=O) groups is 1. The number of hydrogen-bond acceptors (Lipinski definition) is 2. The van der Waals surface area contributed by atoms with E-state index in [0.29, 0.717) is 5.56 Å². The van der Waals surface area contributed by atoms with Crippen LogP contribution in [0.2, 0.25) is 0 Å². The maximum atomic E-state index is 12.7. The number of benzene rings is 1. The van der Waals surface area contributed by atoms with Crippen LogP contribution in [0, 0.1) is 5.82 Å². The molecule has 64 valence electrons. The second-order valence-electron chi connectivity index (χ2n) is 2.40. The molecule has 0 fully saturated rings. The fraction of sp³-hybridized carbons (Fsp3) is 0.222. The first-order chi connectivity index (χ1) is 5.65. The molecule has 12 heavy (non-hydrogen) atoms. The van der Waals surface area contributed by atoms with E-state index in [1.807, 2.05) is 6.26 Å². The van der Waals surface area contributed by atoms with Crippen molar-refractivity contribution in [2.24, 2.45) is 0 Å². The van der Waals surface area contributed by atoms with Gasteiger partial charge in [-0.2, -0.15) is 0 Å². The van der Waals surface area contributed by atoms with Crippen molar-refractivity contribution >= 4 is 17.5 Å². The van der Waals surface area contributed by atoms with Crippen molar-refractivity contribution in [2.75, 3.05) is 6.26 Å². The van der Waals surface area contributed by atoms with Crippen LogP contribution < -0.4 is 0 Å². The number of rotatable bonds is 2. The Morgan fingerprint density at radius 3 is 2.67 bits per heavy atom. The SMILES string of the molecule is CSc1ccc(F)cc1C(C)=O. The first-order valence-corrected chi connectivity index (χ1v) is 4.72. The molecule has 3 heteroatoms. The summed E-state index contributed by atoms with van der Waals surface area (Å²) in [6, 6.07) is 4.25. The Hall–Kier alpha value is -0.830. The number of Topliss-reactive ketones (excluding diaryl/α,β-unsaturated/α-hetero) is 1. The predicted octanol–water partition coefficient (Wildman–Crippen LogP) is 2.75. The Kier molecular flexibility index (Phi) is 2.87. The van der Waals surface area contributed by atoms with Gasteiger partial charge in [-0.05, 0) is 31.4 Å². The minimum Gasteiger partial charge on any atom is -0.294 e. The van der Waals surface area contributed by atoms with Crippen molar-refractivity contribution in [3.05, 3.63) is 29.6 Å². The van der Waals surface area contributed by atoms with Gasteiger partial charge in [-0.1, -0.05) is 0 Å². The minimum absolute atomic E-state index is 0.0983. The van der Waals surface area contributed by atoms with Gasteiger partial charge in [0.1, 0.15) is 5.82 Å². The smallest absolute Gasteiger partial charge is 0.161 e. The zero-order valence-electron chi connectivity index (χ0n) is 6.93. The third kappa shape index (κ3) is 1.85. The highest BCUT2D eigenvalue weighted by molar-refractivity contribution is 7.98. The van der Waals surface area contributed by atoms with Crippen molar-refractivity contribution < 1.29 is 9.18 Å². The van der Waals surface area contributed by atoms with Gasteiger partial charge in [-0.15, -0.1) is 11.8 Å². The first kappa shape index (κ1) is 9.26. The zero-order valence-corrected chi connectivity index (χ0v) is 7.74. The van der Waals surface area contributed by atoms with E-state index in [4.69, 9.17) is 0 Å². The molecule has 0 aliphatic heterocycles. The Bertz CT molecular complexity index is 309. The van der Waals surface area contributed by atoms with E-state index in [1.165, 1.54) is 30.8 Å². The number of halogens is 1. The minimum atomic E-state index is -0.363. The predicted molar refractivity (Wildman–Crippen MR) is 48.2 cm³/mol. The van der Waals surface area contributed by atoms with Crippen molar-refractivity contribution in [1.29, 1.82) is 0 Å². The van der Waals surface area contributed by atoms with Crippen LogP contribution in [0.1, 0.15) is 17.3 Å². The lowest BCUT2D eigenvalue weighted by Gasteiger charge is -2.02. The molecule has 1 rings (SSSR count). The standard InChI is InChI=1S/C9H9FOS/c1-6(11)8-5-7(10)3-4-9(8)12-2/h3-5H,1-2H3. The Balaban J connectivity index is 3.21. The third-order valence-electron chi connectivity index (χ3n) is 1.54. The fourth-order valence-electron chi connectivity index (χ4n) is 0.955. The molecule has 0 aliphatic carbocycles. The van der Waals surface area contributed by atoms with Crippen LogP contribution in [-0.2, 0) is 0 Å². The van der Waals surface area contributed by atoms with Crippen LogP contribution in [0.25, 0.3) is 0 Å². The lowest BCUT2D eigenvalue weighted by molar-refractivity contribution is 0.101. The van der Waals surface area contributed by atoms with Gasteiger partial charge in [0.15, 0.2) is 5.78 Å². The molecule has 0 aromatic heterocycles. The second kappa shape index (κ2) is 3.72. The Morgan fingerprint density at radius 2 is 2.17 bits per heavy atom. The molecule has 0 atom stereocenters. The highest BCUT2D eigenvalue weighted by Gasteiger charge is 2.06. The zero-order chi connectivity index (χ0) is 9.14. The van der Waals surface area contributed by atoms with Crippen LogP contribution in [-0.4, -0.2) is 12.0 Å². The van der Waals surface area contributed by atoms with E-state index >= 15 is 0 Å². The van der Waals surface area contributed by atoms with Crippen molar-refractivity contribution in [3.63, 3.8) is 0 Å². The molecule has 0 saturated carbocycles. The van der Waals surface area contributed by atoms with Gasteiger partial charge in [-0.3, -0.25) is 4.79 Å². The molecule has 1 aromatic rings. The van der Waals surface area contributed by atoms with E-state index in [-0.39, 0.29) is 11.6 Å². The maximum Gasteiger partial charge on any atom is 0.161 e. The summed E-state index contributed by atoms with van der Waals surface area (Å²) in [4.78, 5) is 11.8. The summed E-state index contributed by atoms with van der Waals surface area (Å²) in [6.45, 7) is 1.44. The fourth-order valence-corrected chi connectivity index (χ4v) is 1.58. The van der Waals surface area contributed by atoms with Gasteiger partial charge >= 0.3 is 0 Å². The van der Waals surface area contributed by atoms with Crippen LogP contribution in [0.5, 0.6) is 0 Å². The van der Waals surface area contributed by atoms with E-state index in [2.05, 4.69) is 0 Å². The van der Waals surface area contributed by atoms with Crippen LogP contribution in [0.3, 0.4) is 0 Å². The Labute approximate surface area is 75.0 Å². The molecule has 0 heterocycles. The number of ketones is 1. The molecule has 1 aromatic carbocycles. The van der Waals surface area contributed by atoms with E-state index in [1.54, 1.807) is 6.07 Å². The molecular weight excluding hydrogens is 175 g/mol. The summed E-state index contributed by atoms with van der Waals surface area (Å²) in [5, 5.41) is 0. The van der Waals surface area contributed by atoms with Gasteiger partial charge in [0.2, 0.25) is 0 Å². The average Bonchev–Trinajstić information content (AvgIpc) is 2.04. The number of hydrogen-bond donors (Lipinski definition) is 0. The summed E-state index contributed by atoms with van der Waals surface area (Å²) < 4.78 is 12.7. The first-order valence-electron chi connectivity index (χ1n) is 3.49. The van der Waals surface area contributed by atoms with E-state index < -0.39 is 0 Å². The molecule has 0 bridgehead atoms. The number of thioether (sulfide) groups is 1. The molecule has 0 amide bonds. The number of carbonyl (C=O) groups excluding carboxylic acids is 1. The van der Waals surface area contributed by atoms with Crippen LogP contribution in [0.4, 0.5) is 4.39 Å². The normalized spacial score (nSPS) is 9.92. The Morgan fingerprint density at radius 1 is 1.50 bits per heavy atom. The summed E-state index contributed by atoms with van der Waals surface area (Å²) in [6.07, 6.45) is 1.86. The summed E-state index contributed by atoms with van der Waals surface area (Å²) in [7, 11) is 0. The molecular formula is C9H9FOS. The van der Waals surface area contributed by atoms with E-state index in [0.717, 1.165) is 4.90 Å². The van der Waals surface area contributed by atoms with E-state index in [9.17, 15) is 9.18 Å². The van der Waals surface area contributed by atoms with Crippen molar-refractivity contribution in [2.45, 2.75) is 11.8 Å². The van der Waals surface area contributed by atoms with Crippen molar-refractivity contribution in [3.8, 4) is 0 Å². The van der Waals surface area contributed by atoms with Gasteiger partial charge in [0.05, 0.1) is 0 Å². The average molecular weight is 184 g/mol. The molecule has 1 nitrogen and oxygen atoms in total. The largest absolute Gasteiger partial charge is 0.294 e. The molecule has 0 unspecified atom stereocenters. The van der Waals surface area contributed by atoms with Crippen molar-refractivity contribution in [1.82, 2.24) is 0 Å². The van der Waals surface area contributed by atoms with Gasteiger partial charge < -0.3 is 0 Å². The van der Waals surface area contributed by atoms with Crippen LogP contribution in [0.15, 0.2) is 23.1 Å². The molecule has 0 N–H and O–H groups in total. The second-order valence-corrected chi connectivity index (χ2v) is 3.25. The topological polar surface area (TPSA) is 17.1 Å². The summed E-state index contributed by atoms with van der Waals surface area (Å²) in [5.74, 6) is -0.461. The molecule has 0 aliphatic rings.